The molecule has 3 aromatic heterocycles. The summed E-state index contributed by atoms with van der Waals surface area (Å²) in [7, 11) is 1.80. The Morgan fingerprint density at radius 2 is 2.06 bits per heavy atom. The zero-order chi connectivity index (χ0) is 23.7. The third-order valence-corrected chi connectivity index (χ3v) is 6.41. The van der Waals surface area contributed by atoms with Gasteiger partial charge in [0.05, 0.1) is 17.3 Å². The first-order valence-electron chi connectivity index (χ1n) is 11.0. The monoisotopic (exact) mass is 459 g/mol. The molecule has 4 aromatic rings. The van der Waals surface area contributed by atoms with Crippen LogP contribution in [0.15, 0.2) is 36.7 Å². The van der Waals surface area contributed by atoms with E-state index in [9.17, 15) is 9.18 Å². The quantitative estimate of drug-likeness (QED) is 0.450. The average Bonchev–Trinajstić information content (AvgIpc) is 3.44. The van der Waals surface area contributed by atoms with Crippen molar-refractivity contribution in [3.63, 3.8) is 0 Å². The van der Waals surface area contributed by atoms with Crippen LogP contribution in [0.3, 0.4) is 0 Å². The summed E-state index contributed by atoms with van der Waals surface area (Å²) in [5, 5.41) is 12.3. The van der Waals surface area contributed by atoms with Gasteiger partial charge in [0.15, 0.2) is 17.4 Å². The van der Waals surface area contributed by atoms with Gasteiger partial charge < -0.3 is 15.8 Å². The van der Waals surface area contributed by atoms with E-state index in [1.807, 2.05) is 24.7 Å². The van der Waals surface area contributed by atoms with Gasteiger partial charge >= 0.3 is 0 Å². The van der Waals surface area contributed by atoms with Crippen LogP contribution in [0.25, 0.3) is 22.5 Å². The fourth-order valence-electron chi connectivity index (χ4n) is 4.94. The molecule has 0 fully saturated rings. The highest BCUT2D eigenvalue weighted by molar-refractivity contribution is 6.07. The highest BCUT2D eigenvalue weighted by atomic mass is 19.1. The van der Waals surface area contributed by atoms with Crippen molar-refractivity contribution in [3.05, 3.63) is 59.2 Å². The molecule has 2 aliphatic heterocycles. The Balaban J connectivity index is 1.73. The third-order valence-electron chi connectivity index (χ3n) is 6.41. The first-order valence-corrected chi connectivity index (χ1v) is 11.0. The van der Waals surface area contributed by atoms with Gasteiger partial charge in [0.2, 0.25) is 5.91 Å². The molecular formula is C24H22FN7O2. The Morgan fingerprint density at radius 3 is 2.85 bits per heavy atom. The second-order valence-electron chi connectivity index (χ2n) is 8.55. The van der Waals surface area contributed by atoms with Gasteiger partial charge in [0, 0.05) is 53.8 Å². The molecule has 0 aliphatic carbocycles. The number of aromatic nitrogens is 5. The van der Waals surface area contributed by atoms with E-state index in [2.05, 4.69) is 20.5 Å². The van der Waals surface area contributed by atoms with E-state index in [-0.39, 0.29) is 11.7 Å². The summed E-state index contributed by atoms with van der Waals surface area (Å²) in [6, 6.07) is 6.28. The van der Waals surface area contributed by atoms with E-state index >= 15 is 0 Å². The van der Waals surface area contributed by atoms with Crippen molar-refractivity contribution in [1.29, 1.82) is 0 Å². The first kappa shape index (κ1) is 20.4. The van der Waals surface area contributed by atoms with E-state index in [0.29, 0.717) is 40.5 Å². The van der Waals surface area contributed by atoms with Crippen molar-refractivity contribution < 1.29 is 13.9 Å². The largest absolute Gasteiger partial charge is 0.482 e. The summed E-state index contributed by atoms with van der Waals surface area (Å²) in [6.45, 7) is 4.39. The number of rotatable bonds is 1. The molecular weight excluding hydrogens is 437 g/mol. The molecule has 2 aliphatic rings. The van der Waals surface area contributed by atoms with Crippen LogP contribution in [0.2, 0.25) is 0 Å². The SMILES string of the molecule is CCn1nc2c3c1-c1cnc(N)c(c1)O[C@H](C)c1cc(F)ccc1-c1nn(C)cc1C3C(=O)N2. The van der Waals surface area contributed by atoms with Crippen LogP contribution >= 0.6 is 0 Å². The normalized spacial score (nSPS) is 18.2. The minimum atomic E-state index is -0.649. The molecule has 172 valence electrons. The number of pyridine rings is 1. The van der Waals surface area contributed by atoms with E-state index < -0.39 is 17.8 Å². The van der Waals surface area contributed by atoms with Crippen LogP contribution < -0.4 is 15.8 Å². The van der Waals surface area contributed by atoms with Gasteiger partial charge in [-0.25, -0.2) is 9.37 Å². The predicted molar refractivity (Wildman–Crippen MR) is 124 cm³/mol. The molecule has 0 radical (unpaired) electrons. The summed E-state index contributed by atoms with van der Waals surface area (Å²) >= 11 is 0. The zero-order valence-corrected chi connectivity index (χ0v) is 18.8. The van der Waals surface area contributed by atoms with Gasteiger partial charge in [-0.3, -0.25) is 14.2 Å². The van der Waals surface area contributed by atoms with Crippen LogP contribution in [-0.4, -0.2) is 30.5 Å². The van der Waals surface area contributed by atoms with Gasteiger partial charge in [0.1, 0.15) is 11.9 Å². The lowest BCUT2D eigenvalue weighted by molar-refractivity contribution is -0.116. The maximum Gasteiger partial charge on any atom is 0.237 e. The molecule has 1 aromatic carbocycles. The lowest BCUT2D eigenvalue weighted by atomic mass is 9.88. The predicted octanol–water partition coefficient (Wildman–Crippen LogP) is 3.62. The van der Waals surface area contributed by atoms with Gasteiger partial charge in [-0.1, -0.05) is 0 Å². The number of aryl methyl sites for hydroxylation is 2. The van der Waals surface area contributed by atoms with Crippen LogP contribution in [0, 0.1) is 5.82 Å². The maximum atomic E-state index is 14.4. The summed E-state index contributed by atoms with van der Waals surface area (Å²) in [6.07, 6.45) is 2.92. The Kier molecular flexibility index (Phi) is 4.29. The molecule has 0 saturated carbocycles. The second-order valence-corrected chi connectivity index (χ2v) is 8.55. The Bertz CT molecular complexity index is 1490. The molecule has 6 rings (SSSR count). The molecule has 10 heteroatoms. The average molecular weight is 459 g/mol. The molecule has 34 heavy (non-hydrogen) atoms. The maximum absolute atomic E-state index is 14.4. The van der Waals surface area contributed by atoms with E-state index in [1.54, 1.807) is 30.1 Å². The highest BCUT2D eigenvalue weighted by Crippen LogP contribution is 2.47. The van der Waals surface area contributed by atoms with E-state index in [0.717, 1.165) is 16.8 Å². The number of halogens is 1. The first-order chi connectivity index (χ1) is 16.4. The van der Waals surface area contributed by atoms with Gasteiger partial charge in [0.25, 0.3) is 0 Å². The van der Waals surface area contributed by atoms with E-state index in [4.69, 9.17) is 10.5 Å². The van der Waals surface area contributed by atoms with Gasteiger partial charge in [-0.15, -0.1) is 0 Å². The number of nitrogens with one attached hydrogen (secondary N) is 1. The number of hydrogen-bond donors (Lipinski definition) is 2. The molecule has 0 spiro atoms. The standard InChI is InChI=1S/C24H22FN7O2/c1-4-32-21-12-7-17(22(26)27-9-12)34-11(2)15-8-13(25)5-6-14(15)20-16(10-31(3)29-20)18-19(21)23(30-32)28-24(18)33/h5-11,18H,4H2,1-3H3,(H2,26,27)(H,28,30,33)/t11-,18?/m1/s1. The number of nitrogens with zero attached hydrogens (tertiary/aromatic N) is 5. The number of ether oxygens (including phenoxy) is 1. The lowest BCUT2D eigenvalue weighted by Gasteiger charge is -2.22. The Morgan fingerprint density at radius 1 is 1.24 bits per heavy atom. The van der Waals surface area contributed by atoms with Crippen LogP contribution in [0.5, 0.6) is 5.75 Å². The highest BCUT2D eigenvalue weighted by Gasteiger charge is 2.41. The van der Waals surface area contributed by atoms with Crippen molar-refractivity contribution in [2.75, 3.05) is 11.1 Å². The molecule has 2 atom stereocenters. The number of carbonyl (C=O) groups excluding carboxylic acids is 1. The second kappa shape index (κ2) is 7.14. The zero-order valence-electron chi connectivity index (χ0n) is 18.8. The molecule has 5 heterocycles. The topological polar surface area (TPSA) is 113 Å². The fourth-order valence-corrected chi connectivity index (χ4v) is 4.94. The van der Waals surface area contributed by atoms with Crippen LogP contribution in [0.1, 0.15) is 42.6 Å². The van der Waals surface area contributed by atoms with Crippen molar-refractivity contribution in [2.45, 2.75) is 32.4 Å². The minimum Gasteiger partial charge on any atom is -0.482 e. The summed E-state index contributed by atoms with van der Waals surface area (Å²) in [4.78, 5) is 17.6. The molecule has 3 N–H and O–H groups in total. The Labute approximate surface area is 194 Å². The van der Waals surface area contributed by atoms with Crippen molar-refractivity contribution >= 4 is 17.5 Å². The number of benzene rings is 1. The number of hydrogen-bond acceptors (Lipinski definition) is 6. The smallest absolute Gasteiger partial charge is 0.237 e. The summed E-state index contributed by atoms with van der Waals surface area (Å²) in [5.41, 5.74) is 10.9. The van der Waals surface area contributed by atoms with Gasteiger partial charge in [-0.05, 0) is 38.1 Å². The summed E-state index contributed by atoms with van der Waals surface area (Å²) < 4.78 is 24.1. The molecule has 0 saturated heterocycles. The van der Waals surface area contributed by atoms with Gasteiger partial charge in [-0.2, -0.15) is 10.2 Å². The Hall–Kier alpha value is -4.21. The molecule has 9 nitrogen and oxygen atoms in total. The van der Waals surface area contributed by atoms with Crippen LogP contribution in [0.4, 0.5) is 16.0 Å². The molecule has 1 amide bonds. The number of carbonyl (C=O) groups is 1. The van der Waals surface area contributed by atoms with Crippen molar-refractivity contribution in [1.82, 2.24) is 24.5 Å². The number of anilines is 2. The number of nitrogen functional groups attached to an aromatic ring is 1. The third kappa shape index (κ3) is 2.84. The van der Waals surface area contributed by atoms with E-state index in [1.165, 1.54) is 12.1 Å². The van der Waals surface area contributed by atoms with Crippen molar-refractivity contribution in [2.24, 2.45) is 7.05 Å². The van der Waals surface area contributed by atoms with Crippen molar-refractivity contribution in [3.8, 4) is 28.3 Å². The fraction of sp³-hybridized carbons (Fsp3) is 0.250. The minimum absolute atomic E-state index is 0.190. The molecule has 1 unspecified atom stereocenters. The lowest BCUT2D eigenvalue weighted by Crippen LogP contribution is -2.17. The number of nitrogens with two attached hydrogens (primary N) is 1. The summed E-state index contributed by atoms with van der Waals surface area (Å²) in [5.74, 6) is -0.146. The number of fused-ring (bicyclic) bond motifs is 7. The molecule has 2 bridgehead atoms. The number of amides is 1. The van der Waals surface area contributed by atoms with Crippen LogP contribution in [-0.2, 0) is 18.4 Å².